The maximum atomic E-state index is 12.0. The summed E-state index contributed by atoms with van der Waals surface area (Å²) in [6, 6.07) is 6.35. The van der Waals surface area contributed by atoms with Gasteiger partial charge >= 0.3 is 29.8 Å². The molecule has 5 atom stereocenters. The van der Waals surface area contributed by atoms with Crippen LogP contribution in [0.25, 0.3) is 6.08 Å². The van der Waals surface area contributed by atoms with Gasteiger partial charge in [-0.3, -0.25) is 19.2 Å². The van der Waals surface area contributed by atoms with Gasteiger partial charge in [-0.2, -0.15) is 0 Å². The first-order chi connectivity index (χ1) is 16.9. The van der Waals surface area contributed by atoms with Crippen LogP contribution in [0.15, 0.2) is 30.0 Å². The molecule has 1 aromatic carbocycles. The molecule has 1 saturated heterocycles. The number of carbonyl (C=O) groups excluding carboxylic acids is 4. The second kappa shape index (κ2) is 12.7. The third-order valence-corrected chi connectivity index (χ3v) is 4.68. The predicted molar refractivity (Wildman–Crippen MR) is 120 cm³/mol. The van der Waals surface area contributed by atoms with E-state index < -0.39 is 72.9 Å². The van der Waals surface area contributed by atoms with Crippen molar-refractivity contribution in [2.24, 2.45) is 0 Å². The van der Waals surface area contributed by atoms with Gasteiger partial charge in [0.15, 0.2) is 12.2 Å². The van der Waals surface area contributed by atoms with Crippen LogP contribution in [0.1, 0.15) is 33.3 Å². The van der Waals surface area contributed by atoms with Gasteiger partial charge in [0.25, 0.3) is 0 Å². The SMILES string of the molecule is [B]c1ccccc1/C=C(\O[C@H]1O[C@@H](COC(C)=O)[C@H](OC(C)=O)[C@@H](OC(C)=O)[C@@H]1OC(C)=O)C(=O)O. The van der Waals surface area contributed by atoms with Crippen LogP contribution in [-0.4, -0.2) is 80.1 Å². The number of carbonyl (C=O) groups is 5. The summed E-state index contributed by atoms with van der Waals surface area (Å²) in [7, 11) is 5.88. The lowest BCUT2D eigenvalue weighted by atomic mass is 9.90. The minimum Gasteiger partial charge on any atom is -0.475 e. The summed E-state index contributed by atoms with van der Waals surface area (Å²) >= 11 is 0. The molecule has 2 radical (unpaired) electrons. The zero-order valence-electron chi connectivity index (χ0n) is 20.0. The molecule has 0 bridgehead atoms. The smallest absolute Gasteiger partial charge is 0.371 e. The average Bonchev–Trinajstić information content (AvgIpc) is 2.76. The van der Waals surface area contributed by atoms with E-state index in [2.05, 4.69) is 0 Å². The summed E-state index contributed by atoms with van der Waals surface area (Å²) in [4.78, 5) is 58.9. The normalized spacial score (nSPS) is 23.7. The van der Waals surface area contributed by atoms with Crippen molar-refractivity contribution in [3.8, 4) is 0 Å². The summed E-state index contributed by atoms with van der Waals surface area (Å²) in [5.74, 6) is -5.38. The fourth-order valence-corrected chi connectivity index (χ4v) is 3.34. The Morgan fingerprint density at radius 1 is 0.861 bits per heavy atom. The zero-order valence-corrected chi connectivity index (χ0v) is 20.0. The van der Waals surface area contributed by atoms with Gasteiger partial charge in [0.1, 0.15) is 20.6 Å². The van der Waals surface area contributed by atoms with Gasteiger partial charge in [0, 0.05) is 27.7 Å². The summed E-state index contributed by atoms with van der Waals surface area (Å²) < 4.78 is 32.1. The minimum atomic E-state index is -1.70. The Hall–Kier alpha value is -3.87. The van der Waals surface area contributed by atoms with Crippen molar-refractivity contribution in [3.05, 3.63) is 35.6 Å². The van der Waals surface area contributed by atoms with Crippen molar-refractivity contribution >= 4 is 49.2 Å². The van der Waals surface area contributed by atoms with Gasteiger partial charge in [0.05, 0.1) is 0 Å². The minimum absolute atomic E-state index is 0.251. The number of ether oxygens (including phenoxy) is 6. The first-order valence-electron chi connectivity index (χ1n) is 10.7. The summed E-state index contributed by atoms with van der Waals surface area (Å²) in [6.07, 6.45) is -6.37. The molecule has 0 saturated carbocycles. The quantitative estimate of drug-likeness (QED) is 0.158. The van der Waals surface area contributed by atoms with Crippen molar-refractivity contribution in [1.82, 2.24) is 0 Å². The molecule has 36 heavy (non-hydrogen) atoms. The Labute approximate surface area is 207 Å². The molecule has 1 N–H and O–H groups in total. The van der Waals surface area contributed by atoms with E-state index in [0.717, 1.165) is 33.8 Å². The topological polar surface area (TPSA) is 161 Å². The molecule has 1 aliphatic rings. The van der Waals surface area contributed by atoms with Crippen LogP contribution in [0.3, 0.4) is 0 Å². The Bertz CT molecular complexity index is 1040. The average molecular weight is 504 g/mol. The molecule has 192 valence electrons. The molecule has 13 heteroatoms. The van der Waals surface area contributed by atoms with E-state index >= 15 is 0 Å². The zero-order chi connectivity index (χ0) is 27.0. The number of rotatable bonds is 9. The summed E-state index contributed by atoms with van der Waals surface area (Å²) in [6.45, 7) is 3.82. The summed E-state index contributed by atoms with van der Waals surface area (Å²) in [5.41, 5.74) is 0.557. The number of carboxylic acids is 1. The van der Waals surface area contributed by atoms with Crippen molar-refractivity contribution in [2.45, 2.75) is 58.4 Å². The van der Waals surface area contributed by atoms with Crippen LogP contribution >= 0.6 is 0 Å². The van der Waals surface area contributed by atoms with Crippen molar-refractivity contribution in [1.29, 1.82) is 0 Å². The molecule has 1 aliphatic heterocycles. The lowest BCUT2D eigenvalue weighted by molar-refractivity contribution is -0.299. The standard InChI is InChI=1S/C23H25BO12/c1-11(25)31-10-18-19(32-12(2)26)20(33-13(3)27)21(34-14(4)28)23(36-18)35-17(22(29)30)9-15-7-5-6-8-16(15)24/h5-9,18-21,23H,10H2,1-4H3,(H,29,30)/b17-9-/t18-,19-,20+,21-,23-/m0/s1. The number of hydrogen-bond acceptors (Lipinski definition) is 11. The van der Waals surface area contributed by atoms with Gasteiger partial charge in [-0.15, -0.1) is 0 Å². The number of carboxylic acid groups (broad SMARTS) is 1. The first-order valence-corrected chi connectivity index (χ1v) is 10.7. The molecule has 1 fully saturated rings. The van der Waals surface area contributed by atoms with E-state index in [1.807, 2.05) is 0 Å². The highest BCUT2D eigenvalue weighted by atomic mass is 16.7. The van der Waals surface area contributed by atoms with E-state index in [-0.39, 0.29) is 5.46 Å². The molecule has 2 rings (SSSR count). The number of benzene rings is 1. The highest BCUT2D eigenvalue weighted by Crippen LogP contribution is 2.31. The van der Waals surface area contributed by atoms with Crippen LogP contribution in [0.5, 0.6) is 0 Å². The van der Waals surface area contributed by atoms with Gasteiger partial charge in [0.2, 0.25) is 18.2 Å². The highest BCUT2D eigenvalue weighted by molar-refractivity contribution is 6.34. The molecule has 0 aromatic heterocycles. The van der Waals surface area contributed by atoms with Crippen LogP contribution in [-0.2, 0) is 52.4 Å². The molecule has 12 nitrogen and oxygen atoms in total. The molecule has 1 heterocycles. The third kappa shape index (κ3) is 8.12. The fraction of sp³-hybridized carbons (Fsp3) is 0.435. The van der Waals surface area contributed by atoms with Gasteiger partial charge < -0.3 is 33.5 Å². The van der Waals surface area contributed by atoms with Crippen LogP contribution < -0.4 is 5.46 Å². The molecular weight excluding hydrogens is 479 g/mol. The van der Waals surface area contributed by atoms with Gasteiger partial charge in [-0.05, 0) is 11.6 Å². The van der Waals surface area contributed by atoms with E-state index in [1.54, 1.807) is 18.2 Å². The first kappa shape index (κ1) is 28.4. The lowest BCUT2D eigenvalue weighted by Crippen LogP contribution is -2.63. The summed E-state index contributed by atoms with van der Waals surface area (Å²) in [5, 5.41) is 9.73. The van der Waals surface area contributed by atoms with Gasteiger partial charge in [-0.25, -0.2) is 4.79 Å². The Kier molecular flexibility index (Phi) is 10.0. The molecule has 0 spiro atoms. The largest absolute Gasteiger partial charge is 0.475 e. The molecule has 0 aliphatic carbocycles. The second-order valence-electron chi connectivity index (χ2n) is 7.63. The molecular formula is C23H25BO12. The van der Waals surface area contributed by atoms with E-state index in [9.17, 15) is 29.1 Å². The number of hydrogen-bond donors (Lipinski definition) is 1. The van der Waals surface area contributed by atoms with E-state index in [0.29, 0.717) is 5.56 Å². The van der Waals surface area contributed by atoms with Crippen molar-refractivity contribution in [2.75, 3.05) is 6.61 Å². The van der Waals surface area contributed by atoms with Crippen molar-refractivity contribution < 1.29 is 57.5 Å². The number of esters is 4. The van der Waals surface area contributed by atoms with E-state index in [4.69, 9.17) is 36.3 Å². The molecule has 1 aromatic rings. The maximum Gasteiger partial charge on any atom is 0.371 e. The molecule has 0 amide bonds. The van der Waals surface area contributed by atoms with E-state index in [1.165, 1.54) is 6.07 Å². The monoisotopic (exact) mass is 504 g/mol. The number of aliphatic carboxylic acids is 1. The fourth-order valence-electron chi connectivity index (χ4n) is 3.34. The second-order valence-corrected chi connectivity index (χ2v) is 7.63. The molecule has 0 unspecified atom stereocenters. The lowest BCUT2D eigenvalue weighted by Gasteiger charge is -2.43. The Morgan fingerprint density at radius 2 is 1.42 bits per heavy atom. The van der Waals surface area contributed by atoms with Crippen LogP contribution in [0.2, 0.25) is 0 Å². The van der Waals surface area contributed by atoms with Crippen LogP contribution in [0.4, 0.5) is 0 Å². The third-order valence-electron chi connectivity index (χ3n) is 4.68. The maximum absolute atomic E-state index is 12.0. The Balaban J connectivity index is 2.55. The van der Waals surface area contributed by atoms with Gasteiger partial charge in [-0.1, -0.05) is 29.7 Å². The Morgan fingerprint density at radius 3 is 1.94 bits per heavy atom. The highest BCUT2D eigenvalue weighted by Gasteiger charge is 2.53. The van der Waals surface area contributed by atoms with Crippen molar-refractivity contribution in [3.63, 3.8) is 0 Å². The van der Waals surface area contributed by atoms with Crippen LogP contribution in [0, 0.1) is 0 Å². The predicted octanol–water partition coefficient (Wildman–Crippen LogP) is 0.00560.